The van der Waals surface area contributed by atoms with Gasteiger partial charge in [-0.15, -0.1) is 11.3 Å². The number of rotatable bonds is 6. The van der Waals surface area contributed by atoms with Gasteiger partial charge in [0.25, 0.3) is 5.91 Å². The van der Waals surface area contributed by atoms with Crippen molar-refractivity contribution in [3.05, 3.63) is 52.8 Å². The number of nitrogens with one attached hydrogen (secondary N) is 2. The monoisotopic (exact) mass is 435 g/mol. The minimum Gasteiger partial charge on any atom is -0.394 e. The number of thiophene rings is 1. The van der Waals surface area contributed by atoms with Crippen molar-refractivity contribution >= 4 is 44.2 Å². The van der Waals surface area contributed by atoms with Crippen LogP contribution >= 0.6 is 11.3 Å². The number of carbonyl (C=O) groups is 1. The van der Waals surface area contributed by atoms with Gasteiger partial charge in [0, 0.05) is 30.2 Å². The summed E-state index contributed by atoms with van der Waals surface area (Å²) in [4.78, 5) is 28.7. The topological polar surface area (TPSA) is 94.1 Å². The first-order valence-electron chi connectivity index (χ1n) is 10.6. The van der Waals surface area contributed by atoms with Crippen LogP contribution in [0, 0.1) is 6.92 Å². The zero-order chi connectivity index (χ0) is 21.4. The predicted octanol–water partition coefficient (Wildman–Crippen LogP) is 3.73. The Morgan fingerprint density at radius 3 is 3.10 bits per heavy atom. The van der Waals surface area contributed by atoms with Gasteiger partial charge in [0.05, 0.1) is 22.9 Å². The zero-order valence-electron chi connectivity index (χ0n) is 17.4. The van der Waals surface area contributed by atoms with E-state index in [1.807, 2.05) is 13.0 Å². The summed E-state index contributed by atoms with van der Waals surface area (Å²) in [5.41, 5.74) is 3.31. The fourth-order valence-electron chi connectivity index (χ4n) is 4.49. The van der Waals surface area contributed by atoms with Gasteiger partial charge in [-0.3, -0.25) is 4.79 Å². The molecule has 160 valence electrons. The number of nitrogens with zero attached hydrogens (tertiary/aromatic N) is 3. The molecule has 0 spiro atoms. The Balaban J connectivity index is 1.38. The minimum absolute atomic E-state index is 0.0101. The number of carbonyl (C=O) groups excluding carboxylic acids is 1. The van der Waals surface area contributed by atoms with Gasteiger partial charge in [-0.1, -0.05) is 18.2 Å². The van der Waals surface area contributed by atoms with Gasteiger partial charge < -0.3 is 20.3 Å². The van der Waals surface area contributed by atoms with Gasteiger partial charge >= 0.3 is 0 Å². The number of likely N-dealkylation sites (tertiary alicyclic amines) is 1. The third-order valence-electron chi connectivity index (χ3n) is 6.13. The average molecular weight is 436 g/mol. The SMILES string of the molecule is Cc1c(C(=O)N2CCC[C@H]2CO)sc2ncnc(NCCc3c[nH]c4ccccc34)c12. The molecule has 0 saturated carbocycles. The lowest BCUT2D eigenvalue weighted by atomic mass is 10.1. The molecule has 5 rings (SSSR count). The van der Waals surface area contributed by atoms with Crippen LogP contribution < -0.4 is 5.32 Å². The van der Waals surface area contributed by atoms with Crippen molar-refractivity contribution in [2.45, 2.75) is 32.2 Å². The summed E-state index contributed by atoms with van der Waals surface area (Å²) in [6, 6.07) is 8.20. The van der Waals surface area contributed by atoms with E-state index in [4.69, 9.17) is 0 Å². The Labute approximate surface area is 184 Å². The van der Waals surface area contributed by atoms with E-state index in [0.29, 0.717) is 11.4 Å². The number of hydrogen-bond donors (Lipinski definition) is 3. The van der Waals surface area contributed by atoms with Crippen LogP contribution in [-0.2, 0) is 6.42 Å². The Morgan fingerprint density at radius 1 is 1.35 bits per heavy atom. The molecule has 1 atom stereocenters. The van der Waals surface area contributed by atoms with E-state index in [2.05, 4.69) is 44.7 Å². The molecule has 1 amide bonds. The highest BCUT2D eigenvalue weighted by Crippen LogP contribution is 2.35. The van der Waals surface area contributed by atoms with Gasteiger partial charge in [-0.2, -0.15) is 0 Å². The number of aromatic nitrogens is 3. The number of hydrogen-bond acceptors (Lipinski definition) is 6. The number of amides is 1. The number of benzene rings is 1. The second-order valence-electron chi connectivity index (χ2n) is 7.97. The van der Waals surface area contributed by atoms with E-state index in [1.165, 1.54) is 22.3 Å². The molecule has 0 radical (unpaired) electrons. The number of aromatic amines is 1. The molecular weight excluding hydrogens is 410 g/mol. The van der Waals surface area contributed by atoms with Crippen molar-refractivity contribution in [1.82, 2.24) is 19.9 Å². The second kappa shape index (κ2) is 8.28. The second-order valence-corrected chi connectivity index (χ2v) is 8.97. The fraction of sp³-hybridized carbons (Fsp3) is 0.348. The summed E-state index contributed by atoms with van der Waals surface area (Å²) in [5.74, 6) is 0.750. The molecule has 1 aliphatic heterocycles. The fourth-order valence-corrected chi connectivity index (χ4v) is 5.59. The number of para-hydroxylation sites is 1. The number of aliphatic hydroxyl groups excluding tert-OH is 1. The third kappa shape index (κ3) is 3.55. The lowest BCUT2D eigenvalue weighted by molar-refractivity contribution is 0.0682. The first-order chi connectivity index (χ1) is 15.2. The number of anilines is 1. The molecule has 1 saturated heterocycles. The molecular formula is C23H25N5O2S. The van der Waals surface area contributed by atoms with Crippen molar-refractivity contribution < 1.29 is 9.90 Å². The highest BCUT2D eigenvalue weighted by Gasteiger charge is 2.31. The van der Waals surface area contributed by atoms with Crippen LogP contribution in [0.3, 0.4) is 0 Å². The van der Waals surface area contributed by atoms with Crippen LogP contribution in [0.25, 0.3) is 21.1 Å². The summed E-state index contributed by atoms with van der Waals surface area (Å²) in [5, 5.41) is 15.2. The van der Waals surface area contributed by atoms with Crippen molar-refractivity contribution in [3.8, 4) is 0 Å². The zero-order valence-corrected chi connectivity index (χ0v) is 18.2. The lowest BCUT2D eigenvalue weighted by Gasteiger charge is -2.22. The van der Waals surface area contributed by atoms with Crippen molar-refractivity contribution in [3.63, 3.8) is 0 Å². The molecule has 1 fully saturated rings. The Morgan fingerprint density at radius 2 is 2.23 bits per heavy atom. The molecule has 7 nitrogen and oxygen atoms in total. The van der Waals surface area contributed by atoms with Crippen LogP contribution in [0.5, 0.6) is 0 Å². The van der Waals surface area contributed by atoms with Crippen LogP contribution in [0.2, 0.25) is 0 Å². The molecule has 3 aromatic heterocycles. The Bertz CT molecular complexity index is 1250. The van der Waals surface area contributed by atoms with Gasteiger partial charge in [0.2, 0.25) is 0 Å². The molecule has 4 heterocycles. The summed E-state index contributed by atoms with van der Waals surface area (Å²) in [7, 11) is 0. The van der Waals surface area contributed by atoms with E-state index in [0.717, 1.165) is 52.9 Å². The van der Waals surface area contributed by atoms with E-state index >= 15 is 0 Å². The maximum atomic E-state index is 13.2. The summed E-state index contributed by atoms with van der Waals surface area (Å²) >= 11 is 1.41. The minimum atomic E-state index is -0.0861. The maximum Gasteiger partial charge on any atom is 0.264 e. The molecule has 0 unspecified atom stereocenters. The summed E-state index contributed by atoms with van der Waals surface area (Å²) < 4.78 is 0. The van der Waals surface area contributed by atoms with Crippen LogP contribution in [0.4, 0.5) is 5.82 Å². The van der Waals surface area contributed by atoms with Gasteiger partial charge in [-0.25, -0.2) is 9.97 Å². The van der Waals surface area contributed by atoms with E-state index in [-0.39, 0.29) is 18.6 Å². The molecule has 1 aliphatic rings. The molecule has 1 aromatic carbocycles. The van der Waals surface area contributed by atoms with E-state index in [9.17, 15) is 9.90 Å². The number of aliphatic hydroxyl groups is 1. The average Bonchev–Trinajstić information content (AvgIpc) is 3.51. The summed E-state index contributed by atoms with van der Waals surface area (Å²) in [6.07, 6.45) is 6.25. The molecule has 3 N–H and O–H groups in total. The van der Waals surface area contributed by atoms with Crippen molar-refractivity contribution in [2.24, 2.45) is 0 Å². The smallest absolute Gasteiger partial charge is 0.264 e. The van der Waals surface area contributed by atoms with Crippen LogP contribution in [-0.4, -0.2) is 56.6 Å². The van der Waals surface area contributed by atoms with Crippen LogP contribution in [0.15, 0.2) is 36.8 Å². The maximum absolute atomic E-state index is 13.2. The molecule has 0 aliphatic carbocycles. The summed E-state index contributed by atoms with van der Waals surface area (Å²) in [6.45, 7) is 3.39. The lowest BCUT2D eigenvalue weighted by Crippen LogP contribution is -2.37. The third-order valence-corrected chi connectivity index (χ3v) is 7.32. The highest BCUT2D eigenvalue weighted by molar-refractivity contribution is 7.20. The number of aryl methyl sites for hydroxylation is 1. The van der Waals surface area contributed by atoms with E-state index in [1.54, 1.807) is 11.2 Å². The predicted molar refractivity (Wildman–Crippen MR) is 124 cm³/mol. The molecule has 31 heavy (non-hydrogen) atoms. The van der Waals surface area contributed by atoms with Gasteiger partial charge in [-0.05, 0) is 43.4 Å². The van der Waals surface area contributed by atoms with Crippen molar-refractivity contribution in [1.29, 1.82) is 0 Å². The highest BCUT2D eigenvalue weighted by atomic mass is 32.1. The van der Waals surface area contributed by atoms with Gasteiger partial charge in [0.15, 0.2) is 0 Å². The Kier molecular flexibility index (Phi) is 5.33. The largest absolute Gasteiger partial charge is 0.394 e. The molecule has 0 bridgehead atoms. The van der Waals surface area contributed by atoms with Gasteiger partial charge in [0.1, 0.15) is 17.0 Å². The number of fused-ring (bicyclic) bond motifs is 2. The number of H-pyrrole nitrogens is 1. The molecule has 8 heteroatoms. The molecule has 4 aromatic rings. The first-order valence-corrected chi connectivity index (χ1v) is 11.4. The van der Waals surface area contributed by atoms with Crippen LogP contribution in [0.1, 0.15) is 33.6 Å². The van der Waals surface area contributed by atoms with E-state index < -0.39 is 0 Å². The first kappa shape index (κ1) is 20.0. The standard InChI is InChI=1S/C23H25N5O2S/c1-14-19-21(24-9-8-15-11-25-18-7-3-2-6-17(15)18)26-13-27-22(19)31-20(14)23(30)28-10-4-5-16(28)12-29/h2-3,6-7,11,13,16,25,29H,4-5,8-10,12H2,1H3,(H,24,26,27)/t16-/m0/s1. The Hall–Kier alpha value is -2.97. The van der Waals surface area contributed by atoms with Crippen molar-refractivity contribution in [2.75, 3.05) is 25.0 Å². The normalized spacial score (nSPS) is 16.5. The quantitative estimate of drug-likeness (QED) is 0.429.